The topological polar surface area (TPSA) is 12.5 Å². The molecule has 1 rings (SSSR count). The summed E-state index contributed by atoms with van der Waals surface area (Å²) in [6, 6.07) is 0. The molecule has 0 aromatic carbocycles. The molecule has 0 N–H and O–H groups in total. The normalized spacial score (nSPS) is 25.1. The Kier molecular flexibility index (Phi) is 2.04. The van der Waals surface area contributed by atoms with Crippen molar-refractivity contribution in [2.24, 2.45) is 0 Å². The molecule has 0 aromatic rings. The molecule has 4 heteroatoms. The van der Waals surface area contributed by atoms with Gasteiger partial charge in [-0.05, 0) is 0 Å². The van der Waals surface area contributed by atoms with E-state index >= 15 is 0 Å². The molecule has 0 aromatic heterocycles. The molecular weight excluding hydrogens is 170 g/mol. The number of hydrogen-bond acceptors (Lipinski definition) is 1. The molecule has 0 saturated carbocycles. The van der Waals surface area contributed by atoms with Crippen LogP contribution in [-0.2, 0) is 4.74 Å². The molecule has 0 aliphatic carbocycles. The first-order valence-electron chi connectivity index (χ1n) is 2.04. The second kappa shape index (κ2) is 2.44. The second-order valence-corrected chi connectivity index (χ2v) is 2.79. The van der Waals surface area contributed by atoms with Crippen molar-refractivity contribution in [1.82, 2.24) is 0 Å². The molecule has 46 valence electrons. The summed E-state index contributed by atoms with van der Waals surface area (Å²) < 4.78 is 4.88. The summed E-state index contributed by atoms with van der Waals surface area (Å²) in [5.74, 6) is 0. The summed E-state index contributed by atoms with van der Waals surface area (Å²) in [6.07, 6.45) is -0.0262. The van der Waals surface area contributed by atoms with Gasteiger partial charge in [0.25, 0.3) is 0 Å². The lowest BCUT2D eigenvalue weighted by Crippen LogP contribution is -1.82. The predicted molar refractivity (Wildman–Crippen MR) is 34.3 cm³/mol. The lowest BCUT2D eigenvalue weighted by Gasteiger charge is -1.86. The van der Waals surface area contributed by atoms with E-state index in [1.807, 2.05) is 0 Å². The molecule has 0 amide bonds. The van der Waals surface area contributed by atoms with Crippen molar-refractivity contribution in [3.05, 3.63) is 9.52 Å². The minimum atomic E-state index is -0.0262. The van der Waals surface area contributed by atoms with Crippen LogP contribution in [0.4, 0.5) is 0 Å². The van der Waals surface area contributed by atoms with Crippen LogP contribution >= 0.6 is 34.8 Å². The summed E-state index contributed by atoms with van der Waals surface area (Å²) in [5.41, 5.74) is 0. The molecule has 1 unspecified atom stereocenters. The third-order valence-electron chi connectivity index (χ3n) is 0.797. The van der Waals surface area contributed by atoms with Crippen LogP contribution in [0.1, 0.15) is 0 Å². The summed E-state index contributed by atoms with van der Waals surface area (Å²) in [4.78, 5) is 0. The van der Waals surface area contributed by atoms with E-state index in [-0.39, 0.29) is 10.6 Å². The number of epoxide rings is 1. The molecule has 1 saturated heterocycles. The van der Waals surface area contributed by atoms with Gasteiger partial charge in [-0.25, -0.2) is 0 Å². The van der Waals surface area contributed by atoms with Crippen molar-refractivity contribution in [3.63, 3.8) is 0 Å². The van der Waals surface area contributed by atoms with Gasteiger partial charge >= 0.3 is 0 Å². The molecule has 0 spiro atoms. The average Bonchev–Trinajstić information content (AvgIpc) is 2.43. The minimum absolute atomic E-state index is 0.0262. The van der Waals surface area contributed by atoms with Crippen LogP contribution in [0.2, 0.25) is 0 Å². The quantitative estimate of drug-likeness (QED) is 0.554. The zero-order valence-electron chi connectivity index (χ0n) is 3.83. The molecule has 8 heavy (non-hydrogen) atoms. The number of ether oxygens (including phenoxy) is 1. The van der Waals surface area contributed by atoms with Crippen LogP contribution in [0, 0.1) is 0 Å². The number of hydrogen-bond donors (Lipinski definition) is 0. The Labute approximate surface area is 62.2 Å². The second-order valence-electron chi connectivity index (χ2n) is 1.43. The maximum absolute atomic E-state index is 5.50. The highest BCUT2D eigenvalue weighted by Gasteiger charge is 2.27. The summed E-state index contributed by atoms with van der Waals surface area (Å²) >= 11 is 16.1. The first-order chi connectivity index (χ1) is 3.72. The molecular formula is C4H3Cl3O. The van der Waals surface area contributed by atoms with Gasteiger partial charge in [-0.1, -0.05) is 34.8 Å². The lowest BCUT2D eigenvalue weighted by atomic mass is 10.5. The predicted octanol–water partition coefficient (Wildman–Crippen LogP) is 2.27. The highest BCUT2D eigenvalue weighted by Crippen LogP contribution is 2.29. The number of halogens is 3. The standard InChI is InChI=1S/C4H3Cl3O/c5-3(4(6)7)2-1-8-2/h2H,1H2. The van der Waals surface area contributed by atoms with Gasteiger partial charge in [0.2, 0.25) is 0 Å². The van der Waals surface area contributed by atoms with E-state index in [9.17, 15) is 0 Å². The van der Waals surface area contributed by atoms with Gasteiger partial charge in [0, 0.05) is 0 Å². The monoisotopic (exact) mass is 172 g/mol. The van der Waals surface area contributed by atoms with E-state index < -0.39 is 0 Å². The van der Waals surface area contributed by atoms with Gasteiger partial charge in [0.15, 0.2) is 0 Å². The fraction of sp³-hybridized carbons (Fsp3) is 0.500. The van der Waals surface area contributed by atoms with Crippen molar-refractivity contribution in [3.8, 4) is 0 Å². The molecule has 1 atom stereocenters. The Balaban J connectivity index is 2.54. The molecule has 1 heterocycles. The van der Waals surface area contributed by atoms with E-state index in [2.05, 4.69) is 0 Å². The minimum Gasteiger partial charge on any atom is -0.367 e. The Hall–Kier alpha value is 0.570. The third kappa shape index (κ3) is 1.52. The van der Waals surface area contributed by atoms with E-state index in [1.165, 1.54) is 0 Å². The van der Waals surface area contributed by atoms with Crippen LogP contribution in [0.3, 0.4) is 0 Å². The van der Waals surface area contributed by atoms with Crippen molar-refractivity contribution in [2.45, 2.75) is 6.10 Å². The zero-order valence-corrected chi connectivity index (χ0v) is 6.09. The first kappa shape index (κ1) is 6.69. The van der Waals surface area contributed by atoms with Gasteiger partial charge in [0.05, 0.1) is 11.6 Å². The highest BCUT2D eigenvalue weighted by molar-refractivity contribution is 6.59. The summed E-state index contributed by atoms with van der Waals surface area (Å²) in [6.45, 7) is 0.641. The van der Waals surface area contributed by atoms with E-state index in [1.54, 1.807) is 0 Å². The van der Waals surface area contributed by atoms with Gasteiger partial charge in [-0.2, -0.15) is 0 Å². The molecule has 0 bridgehead atoms. The zero-order chi connectivity index (χ0) is 6.15. The van der Waals surface area contributed by atoms with Crippen LogP contribution < -0.4 is 0 Å². The van der Waals surface area contributed by atoms with Gasteiger partial charge < -0.3 is 4.74 Å². The van der Waals surface area contributed by atoms with E-state index in [4.69, 9.17) is 39.5 Å². The summed E-state index contributed by atoms with van der Waals surface area (Å²) in [5, 5.41) is 0.410. The van der Waals surface area contributed by atoms with Gasteiger partial charge in [0.1, 0.15) is 10.6 Å². The van der Waals surface area contributed by atoms with Crippen molar-refractivity contribution < 1.29 is 4.74 Å². The van der Waals surface area contributed by atoms with Crippen LogP contribution in [0.25, 0.3) is 0 Å². The molecule has 1 fully saturated rings. The van der Waals surface area contributed by atoms with E-state index in [0.717, 1.165) is 0 Å². The Morgan fingerprint density at radius 2 is 1.88 bits per heavy atom. The maximum atomic E-state index is 5.50. The van der Waals surface area contributed by atoms with Crippen molar-refractivity contribution >= 4 is 34.8 Å². The SMILES string of the molecule is ClC(Cl)=C(Cl)C1CO1. The van der Waals surface area contributed by atoms with Crippen LogP contribution in [-0.4, -0.2) is 12.7 Å². The largest absolute Gasteiger partial charge is 0.367 e. The van der Waals surface area contributed by atoms with Crippen LogP contribution in [0.15, 0.2) is 9.52 Å². The molecule has 1 aliphatic heterocycles. The number of rotatable bonds is 1. The Bertz CT molecular complexity index is 123. The first-order valence-corrected chi connectivity index (χ1v) is 3.17. The smallest absolute Gasteiger partial charge is 0.124 e. The average molecular weight is 173 g/mol. The molecule has 0 radical (unpaired) electrons. The fourth-order valence-electron chi connectivity index (χ4n) is 0.316. The fourth-order valence-corrected chi connectivity index (χ4v) is 0.686. The van der Waals surface area contributed by atoms with Crippen molar-refractivity contribution in [2.75, 3.05) is 6.61 Å². The third-order valence-corrected chi connectivity index (χ3v) is 1.83. The van der Waals surface area contributed by atoms with E-state index in [0.29, 0.717) is 11.6 Å². The molecule has 1 aliphatic rings. The Morgan fingerprint density at radius 3 is 2.00 bits per heavy atom. The molecule has 1 nitrogen and oxygen atoms in total. The van der Waals surface area contributed by atoms with Gasteiger partial charge in [-0.15, -0.1) is 0 Å². The van der Waals surface area contributed by atoms with Crippen LogP contribution in [0.5, 0.6) is 0 Å². The maximum Gasteiger partial charge on any atom is 0.124 e. The summed E-state index contributed by atoms with van der Waals surface area (Å²) in [7, 11) is 0. The Morgan fingerprint density at radius 1 is 1.38 bits per heavy atom. The van der Waals surface area contributed by atoms with Gasteiger partial charge in [-0.3, -0.25) is 0 Å². The van der Waals surface area contributed by atoms with Crippen molar-refractivity contribution in [1.29, 1.82) is 0 Å². The lowest BCUT2D eigenvalue weighted by molar-refractivity contribution is 0.437. The highest BCUT2D eigenvalue weighted by atomic mass is 35.5.